The maximum absolute atomic E-state index is 12.2. The van der Waals surface area contributed by atoms with Gasteiger partial charge in [-0.1, -0.05) is 6.07 Å². The summed E-state index contributed by atoms with van der Waals surface area (Å²) >= 11 is 0. The molecule has 0 unspecified atom stereocenters. The first-order valence-electron chi connectivity index (χ1n) is 8.90. The van der Waals surface area contributed by atoms with E-state index < -0.39 is 0 Å². The number of nitrogens with zero attached hydrogens (tertiary/aromatic N) is 1. The molecule has 0 aliphatic carbocycles. The molecule has 0 bridgehead atoms. The maximum atomic E-state index is 12.2. The van der Waals surface area contributed by atoms with Crippen molar-refractivity contribution in [1.29, 1.82) is 0 Å². The second kappa shape index (κ2) is 8.62. The van der Waals surface area contributed by atoms with E-state index in [1.807, 2.05) is 25.2 Å². The van der Waals surface area contributed by atoms with Crippen LogP contribution in [0.4, 0.5) is 5.69 Å². The van der Waals surface area contributed by atoms with Crippen molar-refractivity contribution in [2.75, 3.05) is 33.1 Å². The van der Waals surface area contributed by atoms with Gasteiger partial charge in [-0.25, -0.2) is 4.79 Å². The van der Waals surface area contributed by atoms with Crippen LogP contribution in [0.2, 0.25) is 0 Å². The number of carbonyl (C=O) groups excluding carboxylic acids is 1. The number of fused-ring (bicyclic) bond motifs is 1. The molecule has 1 aromatic heterocycles. The highest BCUT2D eigenvalue weighted by molar-refractivity contribution is 5.93. The van der Waals surface area contributed by atoms with E-state index in [1.54, 1.807) is 32.4 Å². The number of H-pyrrole nitrogens is 2. The number of aromatic nitrogens is 2. The van der Waals surface area contributed by atoms with Gasteiger partial charge in [0.25, 0.3) is 0 Å². The Morgan fingerprint density at radius 3 is 2.54 bits per heavy atom. The highest BCUT2D eigenvalue weighted by Gasteiger charge is 2.09. The molecule has 2 aromatic carbocycles. The fourth-order valence-corrected chi connectivity index (χ4v) is 3.00. The molecule has 3 rings (SSSR count). The van der Waals surface area contributed by atoms with Gasteiger partial charge in [0.05, 0.1) is 25.3 Å². The first-order valence-corrected chi connectivity index (χ1v) is 8.90. The second-order valence-electron chi connectivity index (χ2n) is 6.56. The summed E-state index contributed by atoms with van der Waals surface area (Å²) in [5, 5.41) is 2.86. The monoisotopic (exact) mass is 384 g/mol. The summed E-state index contributed by atoms with van der Waals surface area (Å²) in [5.41, 5.74) is 2.82. The van der Waals surface area contributed by atoms with E-state index in [9.17, 15) is 9.59 Å². The Bertz CT molecular complexity index is 1020. The van der Waals surface area contributed by atoms with Crippen LogP contribution >= 0.6 is 0 Å². The number of carbonyl (C=O) groups is 1. The van der Waals surface area contributed by atoms with Gasteiger partial charge in [-0.3, -0.25) is 4.79 Å². The van der Waals surface area contributed by atoms with E-state index in [0.29, 0.717) is 47.7 Å². The van der Waals surface area contributed by atoms with Crippen LogP contribution in [-0.4, -0.2) is 48.6 Å². The molecule has 1 heterocycles. The van der Waals surface area contributed by atoms with Gasteiger partial charge in [0.1, 0.15) is 0 Å². The largest absolute Gasteiger partial charge is 0.493 e. The van der Waals surface area contributed by atoms with Crippen molar-refractivity contribution in [1.82, 2.24) is 14.9 Å². The topological polar surface area (TPSA) is 99.5 Å². The maximum Gasteiger partial charge on any atom is 0.323 e. The fourth-order valence-electron chi connectivity index (χ4n) is 3.00. The summed E-state index contributed by atoms with van der Waals surface area (Å²) in [5.74, 6) is 1.29. The molecule has 0 aliphatic heterocycles. The van der Waals surface area contributed by atoms with Crippen LogP contribution in [0.5, 0.6) is 11.5 Å². The lowest BCUT2D eigenvalue weighted by Gasteiger charge is -2.17. The first-order chi connectivity index (χ1) is 13.5. The van der Waals surface area contributed by atoms with Crippen LogP contribution in [0.3, 0.4) is 0 Å². The molecule has 28 heavy (non-hydrogen) atoms. The Morgan fingerprint density at radius 2 is 1.79 bits per heavy atom. The van der Waals surface area contributed by atoms with E-state index in [2.05, 4.69) is 20.2 Å². The number of aromatic amines is 2. The molecule has 0 spiro atoms. The lowest BCUT2D eigenvalue weighted by Crippen LogP contribution is -2.24. The highest BCUT2D eigenvalue weighted by atomic mass is 16.5. The second-order valence-corrected chi connectivity index (χ2v) is 6.56. The molecule has 3 aromatic rings. The molecular formula is C20H24N4O4. The molecule has 8 nitrogen and oxygen atoms in total. The Kier molecular flexibility index (Phi) is 6.00. The van der Waals surface area contributed by atoms with Crippen molar-refractivity contribution in [2.45, 2.75) is 13.0 Å². The zero-order valence-electron chi connectivity index (χ0n) is 16.2. The molecule has 0 fully saturated rings. The van der Waals surface area contributed by atoms with Crippen LogP contribution in [0, 0.1) is 0 Å². The minimum Gasteiger partial charge on any atom is -0.493 e. The van der Waals surface area contributed by atoms with Crippen molar-refractivity contribution in [3.05, 3.63) is 52.4 Å². The predicted molar refractivity (Wildman–Crippen MR) is 108 cm³/mol. The first kappa shape index (κ1) is 19.5. The van der Waals surface area contributed by atoms with Crippen LogP contribution in [0.1, 0.15) is 12.0 Å². The molecule has 3 N–H and O–H groups in total. The standard InChI is InChI=1S/C20H24N4O4/c1-24(12-13-4-7-17(27-2)18(10-13)28-3)9-8-19(25)21-14-5-6-15-16(11-14)23-20(26)22-15/h4-7,10-11H,8-9,12H2,1-3H3,(H,21,25)(H2,22,23,26). The highest BCUT2D eigenvalue weighted by Crippen LogP contribution is 2.27. The zero-order chi connectivity index (χ0) is 20.1. The number of methoxy groups -OCH3 is 2. The Hall–Kier alpha value is -3.26. The molecule has 0 saturated carbocycles. The van der Waals surface area contributed by atoms with Crippen molar-refractivity contribution in [2.24, 2.45) is 0 Å². The van der Waals surface area contributed by atoms with E-state index >= 15 is 0 Å². The number of amides is 1. The summed E-state index contributed by atoms with van der Waals surface area (Å²) < 4.78 is 10.6. The van der Waals surface area contributed by atoms with Gasteiger partial charge in [0, 0.05) is 25.2 Å². The van der Waals surface area contributed by atoms with Gasteiger partial charge < -0.3 is 29.7 Å². The minimum absolute atomic E-state index is 0.0867. The number of nitrogens with one attached hydrogen (secondary N) is 3. The number of ether oxygens (including phenoxy) is 2. The third-order valence-corrected chi connectivity index (χ3v) is 4.42. The smallest absolute Gasteiger partial charge is 0.323 e. The van der Waals surface area contributed by atoms with Crippen molar-refractivity contribution in [3.63, 3.8) is 0 Å². The van der Waals surface area contributed by atoms with Gasteiger partial charge in [-0.2, -0.15) is 0 Å². The zero-order valence-corrected chi connectivity index (χ0v) is 16.2. The lowest BCUT2D eigenvalue weighted by atomic mass is 10.2. The van der Waals surface area contributed by atoms with Gasteiger partial charge >= 0.3 is 5.69 Å². The van der Waals surface area contributed by atoms with E-state index in [4.69, 9.17) is 9.47 Å². The number of imidazole rings is 1. The number of hydrogen-bond acceptors (Lipinski definition) is 5. The van der Waals surface area contributed by atoms with Gasteiger partial charge in [0.15, 0.2) is 11.5 Å². The molecule has 0 radical (unpaired) electrons. The summed E-state index contributed by atoms with van der Waals surface area (Å²) in [4.78, 5) is 31.0. The Labute approximate surface area is 162 Å². The lowest BCUT2D eigenvalue weighted by molar-refractivity contribution is -0.116. The van der Waals surface area contributed by atoms with Gasteiger partial charge in [-0.15, -0.1) is 0 Å². The summed E-state index contributed by atoms with van der Waals surface area (Å²) in [7, 11) is 5.17. The van der Waals surface area contributed by atoms with Crippen LogP contribution < -0.4 is 20.5 Å². The molecule has 148 valence electrons. The summed E-state index contributed by atoms with van der Waals surface area (Å²) in [6.45, 7) is 1.29. The Morgan fingerprint density at radius 1 is 1.04 bits per heavy atom. The SMILES string of the molecule is COc1ccc(CN(C)CCC(=O)Nc2ccc3[nH]c(=O)[nH]c3c2)cc1OC. The average Bonchev–Trinajstić information content (AvgIpc) is 3.05. The molecule has 0 aliphatic rings. The number of rotatable bonds is 8. The molecule has 8 heteroatoms. The molecule has 1 amide bonds. The third-order valence-electron chi connectivity index (χ3n) is 4.42. The fraction of sp³-hybridized carbons (Fsp3) is 0.300. The quantitative estimate of drug-likeness (QED) is 0.554. The minimum atomic E-state index is -0.268. The van der Waals surface area contributed by atoms with E-state index in [-0.39, 0.29) is 11.6 Å². The Balaban J connectivity index is 1.52. The molecule has 0 atom stereocenters. The summed E-state index contributed by atoms with van der Waals surface area (Å²) in [6, 6.07) is 11.0. The van der Waals surface area contributed by atoms with Gasteiger partial charge in [-0.05, 0) is 42.9 Å². The third kappa shape index (κ3) is 4.72. The van der Waals surface area contributed by atoms with Gasteiger partial charge in [0.2, 0.25) is 5.91 Å². The van der Waals surface area contributed by atoms with Crippen LogP contribution in [0.15, 0.2) is 41.2 Å². The molecular weight excluding hydrogens is 360 g/mol. The summed E-state index contributed by atoms with van der Waals surface area (Å²) in [6.07, 6.45) is 0.353. The van der Waals surface area contributed by atoms with Crippen molar-refractivity contribution < 1.29 is 14.3 Å². The van der Waals surface area contributed by atoms with Crippen LogP contribution in [0.25, 0.3) is 11.0 Å². The number of anilines is 1. The number of benzene rings is 2. The van der Waals surface area contributed by atoms with Crippen molar-refractivity contribution >= 4 is 22.6 Å². The predicted octanol–water partition coefficient (Wildman–Crippen LogP) is 2.33. The van der Waals surface area contributed by atoms with E-state index in [0.717, 1.165) is 5.56 Å². The molecule has 0 saturated heterocycles. The van der Waals surface area contributed by atoms with E-state index in [1.165, 1.54) is 0 Å². The van der Waals surface area contributed by atoms with Crippen LogP contribution in [-0.2, 0) is 11.3 Å². The normalized spacial score (nSPS) is 11.0. The van der Waals surface area contributed by atoms with Crippen molar-refractivity contribution in [3.8, 4) is 11.5 Å². The number of hydrogen-bond donors (Lipinski definition) is 3. The average molecular weight is 384 g/mol.